The van der Waals surface area contributed by atoms with E-state index >= 15 is 0 Å². The van der Waals surface area contributed by atoms with Crippen LogP contribution in [0.25, 0.3) is 0 Å². The predicted octanol–water partition coefficient (Wildman–Crippen LogP) is 3.37. The lowest BCUT2D eigenvalue weighted by atomic mass is 9.96. The molecule has 1 atom stereocenters. The van der Waals surface area contributed by atoms with Gasteiger partial charge < -0.3 is 15.7 Å². The first-order valence-corrected chi connectivity index (χ1v) is 7.49. The van der Waals surface area contributed by atoms with Crippen LogP contribution in [0.4, 0.5) is 11.4 Å². The Morgan fingerprint density at radius 2 is 2.20 bits per heavy atom. The molecule has 0 radical (unpaired) electrons. The van der Waals surface area contributed by atoms with Crippen molar-refractivity contribution >= 4 is 17.3 Å². The normalized spacial score (nSPS) is 19.6. The minimum atomic E-state index is -0.880. The Morgan fingerprint density at radius 1 is 1.40 bits per heavy atom. The van der Waals surface area contributed by atoms with Crippen LogP contribution >= 0.6 is 0 Å². The van der Waals surface area contributed by atoms with Crippen molar-refractivity contribution in [3.63, 3.8) is 0 Å². The van der Waals surface area contributed by atoms with Crippen molar-refractivity contribution in [3.05, 3.63) is 23.8 Å². The summed E-state index contributed by atoms with van der Waals surface area (Å²) in [7, 11) is 0. The molecule has 2 rings (SSSR count). The molecule has 20 heavy (non-hydrogen) atoms. The van der Waals surface area contributed by atoms with Gasteiger partial charge in [-0.2, -0.15) is 0 Å². The number of carbonyl (C=O) groups is 1. The number of aromatic carboxylic acids is 1. The smallest absolute Gasteiger partial charge is 0.337 e. The molecule has 1 aliphatic heterocycles. The highest BCUT2D eigenvalue weighted by atomic mass is 16.4. The number of hydrogen-bond acceptors (Lipinski definition) is 3. The van der Waals surface area contributed by atoms with Crippen LogP contribution in [0.5, 0.6) is 0 Å². The summed E-state index contributed by atoms with van der Waals surface area (Å²) in [5, 5.41) is 9.33. The fourth-order valence-corrected chi connectivity index (χ4v) is 3.09. The first-order valence-electron chi connectivity index (χ1n) is 7.49. The van der Waals surface area contributed by atoms with E-state index in [4.69, 9.17) is 5.73 Å². The van der Waals surface area contributed by atoms with Gasteiger partial charge in [0, 0.05) is 18.8 Å². The van der Waals surface area contributed by atoms with Gasteiger partial charge in [-0.15, -0.1) is 0 Å². The molecule has 0 aromatic heterocycles. The van der Waals surface area contributed by atoms with Crippen LogP contribution in [0.2, 0.25) is 0 Å². The van der Waals surface area contributed by atoms with E-state index in [1.54, 1.807) is 18.2 Å². The van der Waals surface area contributed by atoms with E-state index in [0.717, 1.165) is 37.5 Å². The number of nitrogen functional groups attached to an aromatic ring is 1. The number of nitrogens with two attached hydrogens (primary N) is 1. The molecule has 0 amide bonds. The number of nitrogens with zero attached hydrogens (tertiary/aromatic N) is 1. The van der Waals surface area contributed by atoms with Crippen LogP contribution in [0.15, 0.2) is 18.2 Å². The maximum atomic E-state index is 11.4. The molecule has 1 aromatic carbocycles. The topological polar surface area (TPSA) is 66.6 Å². The van der Waals surface area contributed by atoms with Gasteiger partial charge >= 0.3 is 5.97 Å². The number of carboxylic acids is 1. The van der Waals surface area contributed by atoms with Crippen LogP contribution < -0.4 is 10.6 Å². The second kappa shape index (κ2) is 6.64. The number of carboxylic acid groups (broad SMARTS) is 1. The van der Waals surface area contributed by atoms with Crippen molar-refractivity contribution in [1.29, 1.82) is 0 Å². The van der Waals surface area contributed by atoms with Gasteiger partial charge in [0.25, 0.3) is 0 Å². The summed E-state index contributed by atoms with van der Waals surface area (Å²) in [4.78, 5) is 13.6. The summed E-state index contributed by atoms with van der Waals surface area (Å²) in [5.41, 5.74) is 7.58. The third-order valence-corrected chi connectivity index (χ3v) is 4.14. The van der Waals surface area contributed by atoms with E-state index in [9.17, 15) is 9.90 Å². The van der Waals surface area contributed by atoms with E-state index in [1.807, 2.05) is 0 Å². The molecular formula is C16H24N2O2. The van der Waals surface area contributed by atoms with Crippen LogP contribution in [0, 0.1) is 5.92 Å². The molecule has 1 aliphatic rings. The third-order valence-electron chi connectivity index (χ3n) is 4.14. The molecule has 1 unspecified atom stereocenters. The molecule has 0 saturated carbocycles. The molecule has 1 saturated heterocycles. The van der Waals surface area contributed by atoms with Crippen LogP contribution in [0.1, 0.15) is 49.4 Å². The summed E-state index contributed by atoms with van der Waals surface area (Å²) in [6, 6.07) is 5.07. The standard InChI is InChI=1S/C16H24N2O2/c1-2-4-12-5-3-9-18(10-8-12)15-11-13(17)6-7-14(15)16(19)20/h6-7,11-12H,2-5,8-10,17H2,1H3,(H,19,20). The minimum Gasteiger partial charge on any atom is -0.478 e. The van der Waals surface area contributed by atoms with Gasteiger partial charge in [0.2, 0.25) is 0 Å². The molecule has 0 aliphatic carbocycles. The molecule has 1 heterocycles. The Kier molecular flexibility index (Phi) is 4.88. The Labute approximate surface area is 120 Å². The van der Waals surface area contributed by atoms with Gasteiger partial charge in [-0.1, -0.05) is 19.8 Å². The lowest BCUT2D eigenvalue weighted by Gasteiger charge is -2.25. The minimum absolute atomic E-state index is 0.355. The molecule has 3 N–H and O–H groups in total. The molecule has 4 heteroatoms. The molecule has 1 aromatic rings. The summed E-state index contributed by atoms with van der Waals surface area (Å²) in [6.07, 6.45) is 6.01. The number of anilines is 2. The Bertz CT molecular complexity index is 474. The van der Waals surface area contributed by atoms with E-state index in [2.05, 4.69) is 11.8 Å². The van der Waals surface area contributed by atoms with E-state index in [-0.39, 0.29) is 0 Å². The zero-order valence-electron chi connectivity index (χ0n) is 12.1. The van der Waals surface area contributed by atoms with Crippen molar-refractivity contribution < 1.29 is 9.90 Å². The Morgan fingerprint density at radius 3 is 2.90 bits per heavy atom. The van der Waals surface area contributed by atoms with Gasteiger partial charge in [-0.3, -0.25) is 0 Å². The van der Waals surface area contributed by atoms with Gasteiger partial charge in [-0.05, 0) is 43.4 Å². The quantitative estimate of drug-likeness (QED) is 0.827. The summed E-state index contributed by atoms with van der Waals surface area (Å²) >= 11 is 0. The monoisotopic (exact) mass is 276 g/mol. The molecule has 0 spiro atoms. The highest BCUT2D eigenvalue weighted by Crippen LogP contribution is 2.29. The van der Waals surface area contributed by atoms with Crippen molar-refractivity contribution in [2.75, 3.05) is 23.7 Å². The van der Waals surface area contributed by atoms with Crippen molar-refractivity contribution in [2.45, 2.75) is 39.0 Å². The molecule has 0 bridgehead atoms. The molecule has 4 nitrogen and oxygen atoms in total. The second-order valence-corrected chi connectivity index (χ2v) is 5.65. The second-order valence-electron chi connectivity index (χ2n) is 5.65. The number of benzene rings is 1. The van der Waals surface area contributed by atoms with Crippen LogP contribution in [-0.2, 0) is 0 Å². The van der Waals surface area contributed by atoms with E-state index in [0.29, 0.717) is 11.3 Å². The summed E-state index contributed by atoms with van der Waals surface area (Å²) in [6.45, 7) is 4.07. The van der Waals surface area contributed by atoms with Gasteiger partial charge in [-0.25, -0.2) is 4.79 Å². The highest BCUT2D eigenvalue weighted by Gasteiger charge is 2.20. The number of rotatable bonds is 4. The molecular weight excluding hydrogens is 252 g/mol. The van der Waals surface area contributed by atoms with E-state index < -0.39 is 5.97 Å². The SMILES string of the molecule is CCCC1CCCN(c2cc(N)ccc2C(=O)O)CC1. The number of hydrogen-bond donors (Lipinski definition) is 2. The fraction of sp³-hybridized carbons (Fsp3) is 0.562. The third kappa shape index (κ3) is 3.44. The summed E-state index contributed by atoms with van der Waals surface area (Å²) < 4.78 is 0. The maximum absolute atomic E-state index is 11.4. The molecule has 1 fully saturated rings. The zero-order valence-corrected chi connectivity index (χ0v) is 12.1. The summed E-state index contributed by atoms with van der Waals surface area (Å²) in [5.74, 6) is -0.103. The highest BCUT2D eigenvalue weighted by molar-refractivity contribution is 5.95. The average Bonchev–Trinajstić information content (AvgIpc) is 2.64. The van der Waals surface area contributed by atoms with Crippen LogP contribution in [-0.4, -0.2) is 24.2 Å². The lowest BCUT2D eigenvalue weighted by Crippen LogP contribution is -2.26. The average molecular weight is 276 g/mol. The molecule has 110 valence electrons. The fourth-order valence-electron chi connectivity index (χ4n) is 3.09. The van der Waals surface area contributed by atoms with Gasteiger partial charge in [0.15, 0.2) is 0 Å². The lowest BCUT2D eigenvalue weighted by molar-refractivity contribution is 0.0697. The zero-order chi connectivity index (χ0) is 14.5. The predicted molar refractivity (Wildman–Crippen MR) is 82.3 cm³/mol. The van der Waals surface area contributed by atoms with E-state index in [1.165, 1.54) is 19.3 Å². The first-order chi connectivity index (χ1) is 9.61. The maximum Gasteiger partial charge on any atom is 0.337 e. The Hall–Kier alpha value is -1.71. The first kappa shape index (κ1) is 14.7. The van der Waals surface area contributed by atoms with Gasteiger partial charge in [0.1, 0.15) is 0 Å². The van der Waals surface area contributed by atoms with Gasteiger partial charge in [0.05, 0.1) is 11.3 Å². The van der Waals surface area contributed by atoms with Crippen molar-refractivity contribution in [3.8, 4) is 0 Å². The Balaban J connectivity index is 2.18. The largest absolute Gasteiger partial charge is 0.478 e. The van der Waals surface area contributed by atoms with Crippen molar-refractivity contribution in [1.82, 2.24) is 0 Å². The van der Waals surface area contributed by atoms with Crippen molar-refractivity contribution in [2.24, 2.45) is 5.92 Å². The van der Waals surface area contributed by atoms with Crippen LogP contribution in [0.3, 0.4) is 0 Å².